The summed E-state index contributed by atoms with van der Waals surface area (Å²) in [6, 6.07) is 6.91. The summed E-state index contributed by atoms with van der Waals surface area (Å²) in [4.78, 5) is 2.57. The highest BCUT2D eigenvalue weighted by Gasteiger charge is 2.25. The third kappa shape index (κ3) is 2.65. The van der Waals surface area contributed by atoms with Gasteiger partial charge in [-0.15, -0.1) is 0 Å². The Labute approximate surface area is 106 Å². The van der Waals surface area contributed by atoms with Crippen LogP contribution in [0.2, 0.25) is 0 Å². The Kier molecular flexibility index (Phi) is 3.20. The molecule has 1 unspecified atom stereocenters. The second-order valence-corrected chi connectivity index (χ2v) is 6.61. The molecule has 2 rings (SSSR count). The van der Waals surface area contributed by atoms with E-state index in [0.717, 1.165) is 5.92 Å². The van der Waals surface area contributed by atoms with Crippen molar-refractivity contribution in [1.29, 1.82) is 0 Å². The molecule has 1 heterocycles. The fourth-order valence-electron chi connectivity index (χ4n) is 2.69. The van der Waals surface area contributed by atoms with Gasteiger partial charge in [0.1, 0.15) is 0 Å². The fraction of sp³-hybridized carbons (Fsp3) is 0.625. The second kappa shape index (κ2) is 4.36. The van der Waals surface area contributed by atoms with Crippen LogP contribution in [0.25, 0.3) is 0 Å². The van der Waals surface area contributed by atoms with E-state index in [0.29, 0.717) is 0 Å². The van der Waals surface area contributed by atoms with Crippen molar-refractivity contribution in [1.82, 2.24) is 0 Å². The van der Waals surface area contributed by atoms with E-state index in [4.69, 9.17) is 0 Å². The van der Waals surface area contributed by atoms with E-state index < -0.39 is 0 Å². The van der Waals surface area contributed by atoms with Crippen LogP contribution in [-0.2, 0) is 5.41 Å². The summed E-state index contributed by atoms with van der Waals surface area (Å²) in [5.41, 5.74) is 4.54. The smallest absolute Gasteiger partial charge is 0.0406 e. The van der Waals surface area contributed by atoms with Gasteiger partial charge in [-0.05, 0) is 41.9 Å². The lowest BCUT2D eigenvalue weighted by Gasteiger charge is -2.29. The first-order valence-electron chi connectivity index (χ1n) is 6.74. The van der Waals surface area contributed by atoms with Crippen LogP contribution in [0.4, 0.5) is 5.69 Å². The van der Waals surface area contributed by atoms with Crippen LogP contribution in [0.3, 0.4) is 0 Å². The molecule has 1 aromatic carbocycles. The van der Waals surface area contributed by atoms with Gasteiger partial charge in [0, 0.05) is 18.8 Å². The van der Waals surface area contributed by atoms with Gasteiger partial charge in [0.15, 0.2) is 0 Å². The van der Waals surface area contributed by atoms with Crippen LogP contribution in [0, 0.1) is 12.8 Å². The largest absolute Gasteiger partial charge is 0.371 e. The minimum atomic E-state index is 0.231. The van der Waals surface area contributed by atoms with E-state index in [2.05, 4.69) is 57.7 Å². The normalized spacial score (nSPS) is 21.0. The van der Waals surface area contributed by atoms with E-state index >= 15 is 0 Å². The molecule has 1 fully saturated rings. The molecule has 0 spiro atoms. The molecule has 1 aliphatic heterocycles. The molecular weight excluding hydrogens is 206 g/mol. The minimum Gasteiger partial charge on any atom is -0.371 e. The Balaban J connectivity index is 2.40. The molecule has 0 aliphatic carbocycles. The van der Waals surface area contributed by atoms with Crippen LogP contribution < -0.4 is 4.90 Å². The van der Waals surface area contributed by atoms with Crippen LogP contribution in [0.15, 0.2) is 18.2 Å². The van der Waals surface area contributed by atoms with Crippen molar-refractivity contribution in [2.45, 2.75) is 46.5 Å². The Morgan fingerprint density at radius 2 is 1.94 bits per heavy atom. The number of aryl methyl sites for hydroxylation is 1. The maximum Gasteiger partial charge on any atom is 0.0406 e. The minimum absolute atomic E-state index is 0.231. The average molecular weight is 231 g/mol. The van der Waals surface area contributed by atoms with Crippen molar-refractivity contribution in [3.8, 4) is 0 Å². The fourth-order valence-corrected chi connectivity index (χ4v) is 2.69. The van der Waals surface area contributed by atoms with Gasteiger partial charge in [0.25, 0.3) is 0 Å². The first-order valence-corrected chi connectivity index (χ1v) is 6.74. The summed E-state index contributed by atoms with van der Waals surface area (Å²) in [5.74, 6) is 0.836. The molecule has 1 saturated heterocycles. The highest BCUT2D eigenvalue weighted by atomic mass is 15.2. The van der Waals surface area contributed by atoms with Crippen molar-refractivity contribution in [3.63, 3.8) is 0 Å². The van der Waals surface area contributed by atoms with Gasteiger partial charge in [-0.2, -0.15) is 0 Å². The predicted molar refractivity (Wildman–Crippen MR) is 75.9 cm³/mol. The van der Waals surface area contributed by atoms with E-state index in [1.807, 2.05) is 0 Å². The van der Waals surface area contributed by atoms with Crippen LogP contribution in [-0.4, -0.2) is 13.1 Å². The number of anilines is 1. The lowest BCUT2D eigenvalue weighted by molar-refractivity contribution is 0.587. The van der Waals surface area contributed by atoms with Crippen molar-refractivity contribution in [2.24, 2.45) is 5.92 Å². The molecule has 0 saturated carbocycles. The summed E-state index contributed by atoms with van der Waals surface area (Å²) in [5, 5.41) is 0. The van der Waals surface area contributed by atoms with Crippen LogP contribution in [0.1, 0.15) is 45.2 Å². The summed E-state index contributed by atoms with van der Waals surface area (Å²) in [6.07, 6.45) is 1.33. The highest BCUT2D eigenvalue weighted by Crippen LogP contribution is 2.35. The van der Waals surface area contributed by atoms with Crippen LogP contribution >= 0.6 is 0 Å². The Morgan fingerprint density at radius 1 is 1.24 bits per heavy atom. The van der Waals surface area contributed by atoms with E-state index in [1.165, 1.54) is 36.3 Å². The summed E-state index contributed by atoms with van der Waals surface area (Å²) < 4.78 is 0. The second-order valence-electron chi connectivity index (χ2n) is 6.61. The van der Waals surface area contributed by atoms with Gasteiger partial charge in [0.05, 0.1) is 0 Å². The third-order valence-electron chi connectivity index (χ3n) is 3.73. The first kappa shape index (κ1) is 12.5. The zero-order chi connectivity index (χ0) is 12.6. The number of hydrogen-bond donors (Lipinski definition) is 0. The van der Waals surface area contributed by atoms with Gasteiger partial charge in [0.2, 0.25) is 0 Å². The average Bonchev–Trinajstić information content (AvgIpc) is 2.62. The molecule has 0 N–H and O–H groups in total. The monoisotopic (exact) mass is 231 g/mol. The molecule has 0 radical (unpaired) electrons. The van der Waals surface area contributed by atoms with Crippen molar-refractivity contribution in [2.75, 3.05) is 18.0 Å². The molecule has 0 amide bonds. The summed E-state index contributed by atoms with van der Waals surface area (Å²) >= 11 is 0. The summed E-state index contributed by atoms with van der Waals surface area (Å²) in [7, 11) is 0. The van der Waals surface area contributed by atoms with Crippen molar-refractivity contribution >= 4 is 5.69 Å². The molecule has 1 atom stereocenters. The van der Waals surface area contributed by atoms with Crippen LogP contribution in [0.5, 0.6) is 0 Å². The standard InChI is InChI=1S/C16H25N/c1-12-6-7-14(16(3,4)5)15(10-12)17-9-8-13(2)11-17/h6-7,10,13H,8-9,11H2,1-5H3. The van der Waals surface area contributed by atoms with Gasteiger partial charge >= 0.3 is 0 Å². The van der Waals surface area contributed by atoms with E-state index in [9.17, 15) is 0 Å². The molecule has 0 bridgehead atoms. The van der Waals surface area contributed by atoms with E-state index in [1.54, 1.807) is 0 Å². The number of rotatable bonds is 1. The molecule has 1 aromatic rings. The number of hydrogen-bond acceptors (Lipinski definition) is 1. The molecule has 1 nitrogen and oxygen atoms in total. The molecule has 1 aliphatic rings. The molecule has 17 heavy (non-hydrogen) atoms. The maximum atomic E-state index is 2.57. The topological polar surface area (TPSA) is 3.24 Å². The number of nitrogens with zero attached hydrogens (tertiary/aromatic N) is 1. The van der Waals surface area contributed by atoms with Crippen molar-refractivity contribution < 1.29 is 0 Å². The molecule has 1 heteroatoms. The lowest BCUT2D eigenvalue weighted by atomic mass is 9.85. The maximum absolute atomic E-state index is 2.57. The number of benzene rings is 1. The Bertz CT molecular complexity index is 400. The molecule has 94 valence electrons. The predicted octanol–water partition coefficient (Wildman–Crippen LogP) is 4.14. The lowest BCUT2D eigenvalue weighted by Crippen LogP contribution is -2.24. The molecule has 0 aromatic heterocycles. The molecular formula is C16H25N. The third-order valence-corrected chi connectivity index (χ3v) is 3.73. The summed E-state index contributed by atoms with van der Waals surface area (Å²) in [6.45, 7) is 13.9. The highest BCUT2D eigenvalue weighted by molar-refractivity contribution is 5.58. The van der Waals surface area contributed by atoms with Gasteiger partial charge in [-0.1, -0.05) is 39.8 Å². The zero-order valence-electron chi connectivity index (χ0n) is 11.9. The van der Waals surface area contributed by atoms with Gasteiger partial charge in [-0.3, -0.25) is 0 Å². The SMILES string of the molecule is Cc1ccc(C(C)(C)C)c(N2CCC(C)C2)c1. The van der Waals surface area contributed by atoms with Gasteiger partial charge in [-0.25, -0.2) is 0 Å². The first-order chi connectivity index (χ1) is 7.88. The quantitative estimate of drug-likeness (QED) is 0.702. The van der Waals surface area contributed by atoms with Gasteiger partial charge < -0.3 is 4.90 Å². The Morgan fingerprint density at radius 3 is 2.47 bits per heavy atom. The Hall–Kier alpha value is -0.980. The van der Waals surface area contributed by atoms with E-state index in [-0.39, 0.29) is 5.41 Å². The zero-order valence-corrected chi connectivity index (χ0v) is 11.9. The van der Waals surface area contributed by atoms with Crippen molar-refractivity contribution in [3.05, 3.63) is 29.3 Å².